The number of pyridine rings is 3. The van der Waals surface area contributed by atoms with Gasteiger partial charge in [-0.1, -0.05) is 18.2 Å². The number of rotatable bonds is 0. The van der Waals surface area contributed by atoms with Crippen LogP contribution in [0.5, 0.6) is 0 Å². The van der Waals surface area contributed by atoms with Gasteiger partial charge in [-0.25, -0.2) is 0 Å². The van der Waals surface area contributed by atoms with Crippen LogP contribution in [0.2, 0.25) is 0 Å². The Bertz CT molecular complexity index is 321. The van der Waals surface area contributed by atoms with E-state index in [4.69, 9.17) is 0 Å². The maximum atomic E-state index is 3.78. The van der Waals surface area contributed by atoms with Gasteiger partial charge in [-0.2, -0.15) is 0 Å². The quantitative estimate of drug-likeness (QED) is 0.240. The molecule has 0 bridgehead atoms. The smallest absolute Gasteiger partial charge is 0.0267 e. The molecule has 3 rings (SSSR count). The molecular formula is C15H15Br3N3Os-3. The third kappa shape index (κ3) is 21.8. The van der Waals surface area contributed by atoms with Crippen LogP contribution in [0.25, 0.3) is 0 Å². The molecule has 3 heterocycles. The Morgan fingerprint density at radius 2 is 0.500 bits per heavy atom. The molecule has 0 saturated carbocycles. The SMILES string of the molecule is [Br-].[Br-].[Br-].[Os].c1ccncc1.c1ccncc1.c1ccncc1. The van der Waals surface area contributed by atoms with Crippen molar-refractivity contribution in [3.8, 4) is 0 Å². The minimum Gasteiger partial charge on any atom is -1.00 e. The van der Waals surface area contributed by atoms with Gasteiger partial charge in [0.1, 0.15) is 0 Å². The average Bonchev–Trinajstić information content (AvgIpc) is 2.54. The minimum absolute atomic E-state index is 0. The normalized spacial score (nSPS) is 6.55. The van der Waals surface area contributed by atoms with Crippen molar-refractivity contribution in [1.82, 2.24) is 15.0 Å². The van der Waals surface area contributed by atoms with Crippen molar-refractivity contribution in [2.45, 2.75) is 0 Å². The second kappa shape index (κ2) is 25.5. The number of halogens is 3. The van der Waals surface area contributed by atoms with E-state index in [2.05, 4.69) is 15.0 Å². The first-order valence-corrected chi connectivity index (χ1v) is 5.55. The summed E-state index contributed by atoms with van der Waals surface area (Å²) in [5, 5.41) is 0. The molecule has 0 unspecified atom stereocenters. The molecule has 22 heavy (non-hydrogen) atoms. The molecule has 0 aliphatic carbocycles. The van der Waals surface area contributed by atoms with E-state index in [1.165, 1.54) is 0 Å². The summed E-state index contributed by atoms with van der Waals surface area (Å²) >= 11 is 0. The van der Waals surface area contributed by atoms with Gasteiger partial charge in [0.25, 0.3) is 0 Å². The first-order chi connectivity index (χ1) is 9.00. The Kier molecular flexibility index (Phi) is 34.2. The minimum atomic E-state index is 0. The third-order valence-electron chi connectivity index (χ3n) is 1.70. The van der Waals surface area contributed by atoms with Crippen LogP contribution in [0.1, 0.15) is 0 Å². The molecule has 3 aromatic rings. The Hall–Kier alpha value is -0.474. The first-order valence-electron chi connectivity index (χ1n) is 5.55. The van der Waals surface area contributed by atoms with E-state index < -0.39 is 0 Å². The number of hydrogen-bond acceptors (Lipinski definition) is 3. The number of aromatic nitrogens is 3. The van der Waals surface area contributed by atoms with Gasteiger partial charge < -0.3 is 50.9 Å². The second-order valence-corrected chi connectivity index (χ2v) is 3.07. The van der Waals surface area contributed by atoms with Crippen LogP contribution >= 0.6 is 0 Å². The van der Waals surface area contributed by atoms with Gasteiger partial charge in [-0.15, -0.1) is 0 Å². The summed E-state index contributed by atoms with van der Waals surface area (Å²) in [5.41, 5.74) is 0. The van der Waals surface area contributed by atoms with Crippen molar-refractivity contribution < 1.29 is 70.7 Å². The molecule has 3 aromatic heterocycles. The molecule has 0 aliphatic heterocycles. The fourth-order valence-electron chi connectivity index (χ4n) is 0.938. The van der Waals surface area contributed by atoms with Crippen molar-refractivity contribution in [3.63, 3.8) is 0 Å². The predicted octanol–water partition coefficient (Wildman–Crippen LogP) is -5.75. The van der Waals surface area contributed by atoms with Crippen LogP contribution in [-0.4, -0.2) is 15.0 Å². The summed E-state index contributed by atoms with van der Waals surface area (Å²) in [6.07, 6.45) is 10.5. The molecule has 0 spiro atoms. The van der Waals surface area contributed by atoms with E-state index in [-0.39, 0.29) is 70.7 Å². The zero-order valence-electron chi connectivity index (χ0n) is 11.5. The predicted molar refractivity (Wildman–Crippen MR) is 72.7 cm³/mol. The van der Waals surface area contributed by atoms with Gasteiger partial charge in [0.15, 0.2) is 0 Å². The summed E-state index contributed by atoms with van der Waals surface area (Å²) in [4.78, 5) is 11.4. The molecule has 0 aliphatic rings. The maximum absolute atomic E-state index is 3.78. The largest absolute Gasteiger partial charge is 1.00 e. The van der Waals surface area contributed by atoms with Crippen LogP contribution in [0, 0.1) is 0 Å². The molecule has 0 radical (unpaired) electrons. The monoisotopic (exact) mass is 666 g/mol. The molecule has 0 fully saturated rings. The van der Waals surface area contributed by atoms with Gasteiger partial charge in [0.2, 0.25) is 0 Å². The zero-order valence-corrected chi connectivity index (χ0v) is 18.8. The van der Waals surface area contributed by atoms with Crippen molar-refractivity contribution in [2.75, 3.05) is 0 Å². The number of nitrogens with zero attached hydrogens (tertiary/aromatic N) is 3. The Balaban J connectivity index is -0.000000101. The average molecular weight is 667 g/mol. The van der Waals surface area contributed by atoms with Crippen molar-refractivity contribution in [1.29, 1.82) is 0 Å². The van der Waals surface area contributed by atoms with Crippen molar-refractivity contribution >= 4 is 0 Å². The Labute approximate surface area is 176 Å². The van der Waals surface area contributed by atoms with Gasteiger partial charge >= 0.3 is 0 Å². The van der Waals surface area contributed by atoms with Crippen LogP contribution in [0.15, 0.2) is 91.8 Å². The van der Waals surface area contributed by atoms with Crippen LogP contribution in [0.3, 0.4) is 0 Å². The molecule has 122 valence electrons. The van der Waals surface area contributed by atoms with E-state index in [1.54, 1.807) is 37.2 Å². The van der Waals surface area contributed by atoms with Crippen LogP contribution < -0.4 is 50.9 Å². The maximum Gasteiger partial charge on any atom is 0.0267 e. The van der Waals surface area contributed by atoms with Crippen molar-refractivity contribution in [2.24, 2.45) is 0 Å². The van der Waals surface area contributed by atoms with E-state index in [9.17, 15) is 0 Å². The zero-order chi connectivity index (χ0) is 12.7. The molecule has 0 saturated heterocycles. The molecular weight excluding hydrogens is 652 g/mol. The van der Waals surface area contributed by atoms with Crippen LogP contribution in [-0.2, 0) is 19.8 Å². The summed E-state index contributed by atoms with van der Waals surface area (Å²) < 4.78 is 0. The van der Waals surface area contributed by atoms with Gasteiger partial charge in [0.05, 0.1) is 0 Å². The molecule has 0 amide bonds. The van der Waals surface area contributed by atoms with Gasteiger partial charge in [-0.05, 0) is 36.4 Å². The molecule has 0 atom stereocenters. The van der Waals surface area contributed by atoms with Gasteiger partial charge in [-0.3, -0.25) is 15.0 Å². The molecule has 0 N–H and O–H groups in total. The van der Waals surface area contributed by atoms with Crippen LogP contribution in [0.4, 0.5) is 0 Å². The van der Waals surface area contributed by atoms with E-state index in [0.29, 0.717) is 0 Å². The fourth-order valence-corrected chi connectivity index (χ4v) is 0.938. The number of hydrogen-bond donors (Lipinski definition) is 0. The van der Waals surface area contributed by atoms with Crippen molar-refractivity contribution in [3.05, 3.63) is 91.8 Å². The van der Waals surface area contributed by atoms with E-state index >= 15 is 0 Å². The van der Waals surface area contributed by atoms with E-state index in [0.717, 1.165) is 0 Å². The molecule has 7 heteroatoms. The Morgan fingerprint density at radius 1 is 0.318 bits per heavy atom. The fraction of sp³-hybridized carbons (Fsp3) is 0. The summed E-state index contributed by atoms with van der Waals surface area (Å²) in [5.74, 6) is 0. The molecule has 0 aromatic carbocycles. The summed E-state index contributed by atoms with van der Waals surface area (Å²) in [6, 6.07) is 17.1. The summed E-state index contributed by atoms with van der Waals surface area (Å²) in [7, 11) is 0. The summed E-state index contributed by atoms with van der Waals surface area (Å²) in [6.45, 7) is 0. The first kappa shape index (κ1) is 29.5. The van der Waals surface area contributed by atoms with Gasteiger partial charge in [0, 0.05) is 57.0 Å². The standard InChI is InChI=1S/3C5H5N.3BrH.Os/c3*1-2-4-6-5-3-1;;;;/h3*1-5H;3*1H;/p-3. The van der Waals surface area contributed by atoms with E-state index in [1.807, 2.05) is 54.6 Å². The Morgan fingerprint density at radius 3 is 0.545 bits per heavy atom. The third-order valence-corrected chi connectivity index (χ3v) is 1.70. The molecule has 3 nitrogen and oxygen atoms in total. The topological polar surface area (TPSA) is 38.7 Å². The second-order valence-electron chi connectivity index (χ2n) is 3.07.